The summed E-state index contributed by atoms with van der Waals surface area (Å²) >= 11 is 0. The molecule has 12 heavy (non-hydrogen) atoms. The molecule has 0 heteroatoms. The Morgan fingerprint density at radius 2 is 1.75 bits per heavy atom. The van der Waals surface area contributed by atoms with E-state index in [0.717, 1.165) is 11.8 Å². The number of hydrogen-bond donors (Lipinski definition) is 0. The lowest BCUT2D eigenvalue weighted by Gasteiger charge is -2.41. The molecule has 0 nitrogen and oxygen atoms in total. The van der Waals surface area contributed by atoms with E-state index < -0.39 is 0 Å². The van der Waals surface area contributed by atoms with Crippen molar-refractivity contribution in [2.45, 2.75) is 46.0 Å². The van der Waals surface area contributed by atoms with Crippen molar-refractivity contribution in [1.29, 1.82) is 0 Å². The standard InChI is InChI=1S/C12H20/c1-12(2)8-7-10-5-3-4-6-11(10)9-12/h3-4,10-11H,5-9H2,1-2H3. The Labute approximate surface area is 76.1 Å². The molecular weight excluding hydrogens is 144 g/mol. The minimum absolute atomic E-state index is 0.631. The first-order valence-electron chi connectivity index (χ1n) is 5.32. The quantitative estimate of drug-likeness (QED) is 0.478. The molecular formula is C12H20. The third-order valence-corrected chi connectivity index (χ3v) is 3.72. The normalized spacial score (nSPS) is 39.2. The molecule has 0 aromatic carbocycles. The van der Waals surface area contributed by atoms with Gasteiger partial charge in [0.15, 0.2) is 0 Å². The van der Waals surface area contributed by atoms with Gasteiger partial charge in [-0.05, 0) is 49.4 Å². The molecule has 0 radical (unpaired) electrons. The van der Waals surface area contributed by atoms with Gasteiger partial charge in [-0.3, -0.25) is 0 Å². The van der Waals surface area contributed by atoms with Crippen LogP contribution in [-0.2, 0) is 0 Å². The van der Waals surface area contributed by atoms with E-state index in [4.69, 9.17) is 0 Å². The van der Waals surface area contributed by atoms with Crippen LogP contribution in [0.25, 0.3) is 0 Å². The molecule has 0 N–H and O–H groups in total. The Balaban J connectivity index is 2.05. The lowest BCUT2D eigenvalue weighted by atomic mass is 9.64. The highest BCUT2D eigenvalue weighted by molar-refractivity contribution is 4.98. The smallest absolute Gasteiger partial charge is 0.0319 e. The number of allylic oxidation sites excluding steroid dienone is 2. The van der Waals surface area contributed by atoms with Crippen molar-refractivity contribution >= 4 is 0 Å². The average molecular weight is 164 g/mol. The Bertz CT molecular complexity index is 188. The molecule has 0 aliphatic heterocycles. The molecule has 1 fully saturated rings. The minimum atomic E-state index is 0.631. The highest BCUT2D eigenvalue weighted by Crippen LogP contribution is 2.45. The second-order valence-corrected chi connectivity index (χ2v) is 5.37. The topological polar surface area (TPSA) is 0 Å². The van der Waals surface area contributed by atoms with E-state index in [9.17, 15) is 0 Å². The third-order valence-electron chi connectivity index (χ3n) is 3.72. The lowest BCUT2D eigenvalue weighted by Crippen LogP contribution is -2.30. The van der Waals surface area contributed by atoms with Gasteiger partial charge < -0.3 is 0 Å². The molecule has 0 heterocycles. The van der Waals surface area contributed by atoms with Crippen LogP contribution < -0.4 is 0 Å². The van der Waals surface area contributed by atoms with Crippen molar-refractivity contribution in [1.82, 2.24) is 0 Å². The Morgan fingerprint density at radius 1 is 1.08 bits per heavy atom. The number of fused-ring (bicyclic) bond motifs is 1. The van der Waals surface area contributed by atoms with Gasteiger partial charge in [0, 0.05) is 0 Å². The summed E-state index contributed by atoms with van der Waals surface area (Å²) in [7, 11) is 0. The molecule has 1 saturated carbocycles. The molecule has 2 unspecified atom stereocenters. The molecule has 0 bridgehead atoms. The first-order chi connectivity index (χ1) is 5.67. The zero-order valence-electron chi connectivity index (χ0n) is 8.34. The van der Waals surface area contributed by atoms with E-state index in [-0.39, 0.29) is 0 Å². The van der Waals surface area contributed by atoms with Gasteiger partial charge in [-0.1, -0.05) is 26.0 Å². The fourth-order valence-corrected chi connectivity index (χ4v) is 2.92. The van der Waals surface area contributed by atoms with Crippen LogP contribution in [0, 0.1) is 17.3 Å². The zero-order valence-corrected chi connectivity index (χ0v) is 8.34. The Hall–Kier alpha value is -0.260. The van der Waals surface area contributed by atoms with E-state index in [1.54, 1.807) is 0 Å². The summed E-state index contributed by atoms with van der Waals surface area (Å²) in [6.45, 7) is 4.86. The van der Waals surface area contributed by atoms with Crippen molar-refractivity contribution in [3.05, 3.63) is 12.2 Å². The second kappa shape index (κ2) is 2.90. The third kappa shape index (κ3) is 1.57. The SMILES string of the molecule is CC1(C)CCC2CC=CCC2C1. The molecule has 2 aliphatic rings. The summed E-state index contributed by atoms with van der Waals surface area (Å²) in [6.07, 6.45) is 11.9. The molecule has 0 amide bonds. The molecule has 0 aromatic heterocycles. The largest absolute Gasteiger partial charge is 0.0882 e. The van der Waals surface area contributed by atoms with Gasteiger partial charge >= 0.3 is 0 Å². The summed E-state index contributed by atoms with van der Waals surface area (Å²) in [5.41, 5.74) is 0.631. The van der Waals surface area contributed by atoms with E-state index >= 15 is 0 Å². The predicted octanol–water partition coefficient (Wildman–Crippen LogP) is 3.78. The van der Waals surface area contributed by atoms with Crippen LogP contribution in [0.3, 0.4) is 0 Å². The number of hydrogen-bond acceptors (Lipinski definition) is 0. The fourth-order valence-electron chi connectivity index (χ4n) is 2.92. The predicted molar refractivity (Wildman–Crippen MR) is 53.0 cm³/mol. The van der Waals surface area contributed by atoms with Crippen LogP contribution >= 0.6 is 0 Å². The zero-order chi connectivity index (χ0) is 8.60. The summed E-state index contributed by atoms with van der Waals surface area (Å²) < 4.78 is 0. The second-order valence-electron chi connectivity index (χ2n) is 5.37. The maximum Gasteiger partial charge on any atom is -0.0319 e. The lowest BCUT2D eigenvalue weighted by molar-refractivity contribution is 0.115. The molecule has 2 rings (SSSR count). The van der Waals surface area contributed by atoms with Crippen LogP contribution in [0.5, 0.6) is 0 Å². The van der Waals surface area contributed by atoms with Crippen LogP contribution in [0.4, 0.5) is 0 Å². The highest BCUT2D eigenvalue weighted by Gasteiger charge is 2.34. The van der Waals surface area contributed by atoms with Gasteiger partial charge in [0.1, 0.15) is 0 Å². The van der Waals surface area contributed by atoms with Gasteiger partial charge in [0.2, 0.25) is 0 Å². The van der Waals surface area contributed by atoms with Crippen LogP contribution in [-0.4, -0.2) is 0 Å². The summed E-state index contributed by atoms with van der Waals surface area (Å²) in [6, 6.07) is 0. The number of rotatable bonds is 0. The minimum Gasteiger partial charge on any atom is -0.0882 e. The first kappa shape index (κ1) is 8.34. The molecule has 2 atom stereocenters. The van der Waals surface area contributed by atoms with Crippen LogP contribution in [0.1, 0.15) is 46.0 Å². The maximum absolute atomic E-state index is 2.43. The summed E-state index contributed by atoms with van der Waals surface area (Å²) in [5.74, 6) is 2.04. The van der Waals surface area contributed by atoms with Crippen LogP contribution in [0.15, 0.2) is 12.2 Å². The summed E-state index contributed by atoms with van der Waals surface area (Å²) in [5, 5.41) is 0. The van der Waals surface area contributed by atoms with Crippen molar-refractivity contribution in [2.75, 3.05) is 0 Å². The monoisotopic (exact) mass is 164 g/mol. The van der Waals surface area contributed by atoms with Gasteiger partial charge in [-0.15, -0.1) is 0 Å². The Kier molecular flexibility index (Phi) is 2.02. The van der Waals surface area contributed by atoms with Gasteiger partial charge in [-0.2, -0.15) is 0 Å². The van der Waals surface area contributed by atoms with Crippen molar-refractivity contribution in [2.24, 2.45) is 17.3 Å². The van der Waals surface area contributed by atoms with E-state index in [1.165, 1.54) is 32.1 Å². The van der Waals surface area contributed by atoms with E-state index in [1.807, 2.05) is 0 Å². The average Bonchev–Trinajstić information content (AvgIpc) is 2.02. The Morgan fingerprint density at radius 3 is 2.50 bits per heavy atom. The molecule has 2 aliphatic carbocycles. The van der Waals surface area contributed by atoms with Crippen LogP contribution in [0.2, 0.25) is 0 Å². The van der Waals surface area contributed by atoms with E-state index in [2.05, 4.69) is 26.0 Å². The first-order valence-corrected chi connectivity index (χ1v) is 5.32. The van der Waals surface area contributed by atoms with Gasteiger partial charge in [0.25, 0.3) is 0 Å². The van der Waals surface area contributed by atoms with Crippen molar-refractivity contribution in [3.63, 3.8) is 0 Å². The summed E-state index contributed by atoms with van der Waals surface area (Å²) in [4.78, 5) is 0. The van der Waals surface area contributed by atoms with Crippen molar-refractivity contribution < 1.29 is 0 Å². The fraction of sp³-hybridized carbons (Fsp3) is 0.833. The van der Waals surface area contributed by atoms with Gasteiger partial charge in [0.05, 0.1) is 0 Å². The molecule has 0 saturated heterocycles. The van der Waals surface area contributed by atoms with Gasteiger partial charge in [-0.25, -0.2) is 0 Å². The molecule has 0 spiro atoms. The highest BCUT2D eigenvalue weighted by atomic mass is 14.4. The molecule has 0 aromatic rings. The van der Waals surface area contributed by atoms with Crippen molar-refractivity contribution in [3.8, 4) is 0 Å². The molecule has 68 valence electrons. The van der Waals surface area contributed by atoms with E-state index in [0.29, 0.717) is 5.41 Å². The maximum atomic E-state index is 2.43.